The second-order valence-electron chi connectivity index (χ2n) is 7.95. The molecule has 0 spiro atoms. The smallest absolute Gasteiger partial charge is 0.332 e. The molecule has 2 amide bonds. The van der Waals surface area contributed by atoms with Crippen LogP contribution >= 0.6 is 11.3 Å². The highest BCUT2D eigenvalue weighted by Crippen LogP contribution is 2.49. The van der Waals surface area contributed by atoms with E-state index in [-0.39, 0.29) is 30.6 Å². The van der Waals surface area contributed by atoms with Gasteiger partial charge in [-0.2, -0.15) is 0 Å². The molecule has 0 radical (unpaired) electrons. The van der Waals surface area contributed by atoms with Crippen LogP contribution in [0.5, 0.6) is 0 Å². The van der Waals surface area contributed by atoms with E-state index in [0.29, 0.717) is 29.9 Å². The topological polar surface area (TPSA) is 76.3 Å². The highest BCUT2D eigenvalue weighted by molar-refractivity contribution is 7.18. The molecule has 150 valence electrons. The fraction of sp³-hybridized carbons (Fsp3) is 0.611. The van der Waals surface area contributed by atoms with E-state index in [1.54, 1.807) is 11.8 Å². The van der Waals surface area contributed by atoms with Crippen LogP contribution in [0.4, 0.5) is 13.6 Å². The normalized spacial score (nSPS) is 23.5. The van der Waals surface area contributed by atoms with Crippen LogP contribution in [0.15, 0.2) is 9.59 Å². The van der Waals surface area contributed by atoms with E-state index >= 15 is 0 Å². The lowest BCUT2D eigenvalue weighted by molar-refractivity contribution is 0.0950. The summed E-state index contributed by atoms with van der Waals surface area (Å²) >= 11 is 1.26. The number of rotatable bonds is 5. The third-order valence-electron chi connectivity index (χ3n) is 5.89. The van der Waals surface area contributed by atoms with Crippen LogP contribution in [0.1, 0.15) is 35.7 Å². The molecule has 1 aliphatic heterocycles. The summed E-state index contributed by atoms with van der Waals surface area (Å²) in [4.78, 5) is 40.8. The number of aryl methyl sites for hydroxylation is 1. The van der Waals surface area contributed by atoms with Gasteiger partial charge in [0.15, 0.2) is 0 Å². The number of aromatic nitrogens is 2. The standard InChI is InChI=1S/C18H20F2N4O3S/c1-9-12(8-22-5-4-21-16(22)26)28-15-13(9)14(25)24(11-2-3-11)17(27)23(15)7-10-6-18(10,19)20/h10-11H,2-8H2,1H3,(H,21,26). The summed E-state index contributed by atoms with van der Waals surface area (Å²) in [6.45, 7) is 3.20. The van der Waals surface area contributed by atoms with Crippen molar-refractivity contribution in [3.63, 3.8) is 0 Å². The van der Waals surface area contributed by atoms with Gasteiger partial charge in [-0.05, 0) is 25.3 Å². The first-order valence-electron chi connectivity index (χ1n) is 9.46. The van der Waals surface area contributed by atoms with Gasteiger partial charge in [0.25, 0.3) is 11.5 Å². The number of alkyl halides is 2. The lowest BCUT2D eigenvalue weighted by Crippen LogP contribution is -2.39. The maximum absolute atomic E-state index is 13.5. The second-order valence-corrected chi connectivity index (χ2v) is 9.03. The van der Waals surface area contributed by atoms with E-state index < -0.39 is 17.5 Å². The van der Waals surface area contributed by atoms with Gasteiger partial charge >= 0.3 is 11.7 Å². The van der Waals surface area contributed by atoms with Crippen LogP contribution in [0.2, 0.25) is 0 Å². The Balaban J connectivity index is 1.66. The molecule has 2 aromatic heterocycles. The maximum atomic E-state index is 13.5. The van der Waals surface area contributed by atoms with Crippen LogP contribution in [0.25, 0.3) is 10.2 Å². The second kappa shape index (κ2) is 5.88. The van der Waals surface area contributed by atoms with E-state index in [1.807, 2.05) is 0 Å². The number of amides is 2. The van der Waals surface area contributed by atoms with E-state index in [2.05, 4.69) is 5.32 Å². The summed E-state index contributed by atoms with van der Waals surface area (Å²) in [5.74, 6) is -3.61. The zero-order valence-electron chi connectivity index (χ0n) is 15.3. The van der Waals surface area contributed by atoms with E-state index in [1.165, 1.54) is 20.5 Å². The van der Waals surface area contributed by atoms with Crippen molar-refractivity contribution < 1.29 is 13.6 Å². The minimum Gasteiger partial charge on any atom is -0.336 e. The molecular formula is C18H20F2N4O3S. The summed E-state index contributed by atoms with van der Waals surface area (Å²) in [5, 5.41) is 3.16. The average molecular weight is 410 g/mol. The van der Waals surface area contributed by atoms with Crippen LogP contribution < -0.4 is 16.6 Å². The highest BCUT2D eigenvalue weighted by atomic mass is 32.1. The third-order valence-corrected chi connectivity index (χ3v) is 7.19. The number of nitrogens with one attached hydrogen (secondary N) is 1. The van der Waals surface area contributed by atoms with E-state index in [9.17, 15) is 23.2 Å². The number of hydrogen-bond donors (Lipinski definition) is 1. The van der Waals surface area contributed by atoms with Gasteiger partial charge in [-0.25, -0.2) is 18.4 Å². The number of thiophene rings is 1. The molecule has 3 heterocycles. The molecule has 3 aliphatic rings. The minimum atomic E-state index is -2.74. The first kappa shape index (κ1) is 17.8. The summed E-state index contributed by atoms with van der Waals surface area (Å²) in [6.07, 6.45) is 1.28. The molecule has 2 aliphatic carbocycles. The Bertz CT molecular complexity index is 1110. The van der Waals surface area contributed by atoms with Crippen LogP contribution in [0, 0.1) is 12.8 Å². The van der Waals surface area contributed by atoms with Gasteiger partial charge in [-0.15, -0.1) is 11.3 Å². The molecule has 5 rings (SSSR count). The highest BCUT2D eigenvalue weighted by Gasteiger charge is 2.57. The Hall–Kier alpha value is -2.23. The van der Waals surface area contributed by atoms with Gasteiger partial charge in [0.05, 0.1) is 11.9 Å². The number of fused-ring (bicyclic) bond motifs is 1. The summed E-state index contributed by atoms with van der Waals surface area (Å²) in [7, 11) is 0. The molecule has 28 heavy (non-hydrogen) atoms. The number of halogens is 2. The molecule has 10 heteroatoms. The Labute approximate surface area is 162 Å². The van der Waals surface area contributed by atoms with Crippen LogP contribution in [-0.2, 0) is 13.1 Å². The molecule has 1 atom stereocenters. The zero-order valence-corrected chi connectivity index (χ0v) is 16.2. The Morgan fingerprint density at radius 1 is 1.25 bits per heavy atom. The van der Waals surface area contributed by atoms with Gasteiger partial charge in [0, 0.05) is 42.9 Å². The fourth-order valence-electron chi connectivity index (χ4n) is 3.90. The van der Waals surface area contributed by atoms with Crippen molar-refractivity contribution in [2.75, 3.05) is 13.1 Å². The molecule has 1 N–H and O–H groups in total. The molecule has 7 nitrogen and oxygen atoms in total. The monoisotopic (exact) mass is 410 g/mol. The first-order valence-corrected chi connectivity index (χ1v) is 10.3. The summed E-state index contributed by atoms with van der Waals surface area (Å²) in [5.41, 5.74) is -0.1000. The predicted octanol–water partition coefficient (Wildman–Crippen LogP) is 2.05. The lowest BCUT2D eigenvalue weighted by atomic mass is 10.2. The average Bonchev–Trinajstić information content (AvgIpc) is 3.48. The number of carbonyl (C=O) groups is 1. The predicted molar refractivity (Wildman–Crippen MR) is 100 cm³/mol. The molecule has 2 aromatic rings. The minimum absolute atomic E-state index is 0.0844. The van der Waals surface area contributed by atoms with Gasteiger partial charge < -0.3 is 10.2 Å². The van der Waals surface area contributed by atoms with Crippen molar-refractivity contribution in [3.8, 4) is 0 Å². The molecular weight excluding hydrogens is 390 g/mol. The number of carbonyl (C=O) groups excluding carboxylic acids is 1. The maximum Gasteiger partial charge on any atom is 0.332 e. The quantitative estimate of drug-likeness (QED) is 0.820. The van der Waals surface area contributed by atoms with Gasteiger partial charge in [-0.1, -0.05) is 0 Å². The molecule has 0 aromatic carbocycles. The first-order chi connectivity index (χ1) is 13.3. The zero-order chi connectivity index (χ0) is 19.8. The molecule has 3 fully saturated rings. The Morgan fingerprint density at radius 3 is 2.54 bits per heavy atom. The number of nitrogens with zero attached hydrogens (tertiary/aromatic N) is 3. The Kier molecular flexibility index (Phi) is 3.75. The molecule has 1 saturated heterocycles. The van der Waals surface area contributed by atoms with Crippen molar-refractivity contribution in [3.05, 3.63) is 31.3 Å². The van der Waals surface area contributed by atoms with E-state index in [0.717, 1.165) is 23.3 Å². The number of urea groups is 1. The Morgan fingerprint density at radius 2 is 1.96 bits per heavy atom. The summed E-state index contributed by atoms with van der Waals surface area (Å²) in [6, 6.07) is -0.301. The fourth-order valence-corrected chi connectivity index (χ4v) is 5.21. The van der Waals surface area contributed by atoms with Crippen LogP contribution in [-0.4, -0.2) is 39.1 Å². The lowest BCUT2D eigenvalue weighted by Gasteiger charge is -2.12. The molecule has 0 bridgehead atoms. The third kappa shape index (κ3) is 2.68. The van der Waals surface area contributed by atoms with Gasteiger partial charge in [0.1, 0.15) is 4.83 Å². The van der Waals surface area contributed by atoms with Gasteiger partial charge in [0.2, 0.25) is 0 Å². The van der Waals surface area contributed by atoms with Crippen molar-refractivity contribution in [1.29, 1.82) is 0 Å². The molecule has 2 saturated carbocycles. The van der Waals surface area contributed by atoms with Gasteiger partial charge in [-0.3, -0.25) is 13.9 Å². The number of hydrogen-bond acceptors (Lipinski definition) is 4. The van der Waals surface area contributed by atoms with Crippen LogP contribution in [0.3, 0.4) is 0 Å². The van der Waals surface area contributed by atoms with E-state index in [4.69, 9.17) is 0 Å². The van der Waals surface area contributed by atoms with Crippen molar-refractivity contribution in [2.24, 2.45) is 5.92 Å². The van der Waals surface area contributed by atoms with Crippen molar-refractivity contribution in [2.45, 2.75) is 51.2 Å². The molecule has 1 unspecified atom stereocenters. The SMILES string of the molecule is Cc1c(CN2CCNC2=O)sc2c1c(=O)n(C1CC1)c(=O)n2CC1CC1(F)F. The largest absolute Gasteiger partial charge is 0.336 e. The summed E-state index contributed by atoms with van der Waals surface area (Å²) < 4.78 is 29.7. The van der Waals surface area contributed by atoms with Crippen molar-refractivity contribution >= 4 is 27.6 Å². The van der Waals surface area contributed by atoms with Crippen molar-refractivity contribution in [1.82, 2.24) is 19.4 Å².